The molecule has 4 rings (SSSR count). The van der Waals surface area contributed by atoms with Crippen molar-refractivity contribution >= 4 is 16.3 Å². The standard InChI is InChI=1S/C16H24N4S/c1-15(2)11-17-16(5-3-4-6-16)12-20(15)10-13-9-19-7-8-21-14(19)18-13/h7-9,17H,3-6,10-12H2,1-2H3. The van der Waals surface area contributed by atoms with Crippen LogP contribution in [0.15, 0.2) is 17.8 Å². The van der Waals surface area contributed by atoms with Gasteiger partial charge in [-0.25, -0.2) is 4.98 Å². The Labute approximate surface area is 130 Å². The fourth-order valence-electron chi connectivity index (χ4n) is 3.86. The van der Waals surface area contributed by atoms with Gasteiger partial charge in [0, 0.05) is 48.5 Å². The van der Waals surface area contributed by atoms with Gasteiger partial charge in [0.2, 0.25) is 0 Å². The molecule has 0 unspecified atom stereocenters. The topological polar surface area (TPSA) is 32.6 Å². The maximum Gasteiger partial charge on any atom is 0.193 e. The summed E-state index contributed by atoms with van der Waals surface area (Å²) in [5.74, 6) is 0. The van der Waals surface area contributed by atoms with Crippen molar-refractivity contribution in [1.29, 1.82) is 0 Å². The van der Waals surface area contributed by atoms with Crippen LogP contribution in [0.2, 0.25) is 0 Å². The van der Waals surface area contributed by atoms with Gasteiger partial charge in [-0.15, -0.1) is 11.3 Å². The van der Waals surface area contributed by atoms with Crippen molar-refractivity contribution in [2.24, 2.45) is 0 Å². The van der Waals surface area contributed by atoms with Gasteiger partial charge in [0.25, 0.3) is 0 Å². The van der Waals surface area contributed by atoms with Crippen LogP contribution < -0.4 is 5.32 Å². The lowest BCUT2D eigenvalue weighted by Gasteiger charge is -2.50. The van der Waals surface area contributed by atoms with Crippen LogP contribution in [0.25, 0.3) is 4.96 Å². The summed E-state index contributed by atoms with van der Waals surface area (Å²) in [5.41, 5.74) is 1.77. The summed E-state index contributed by atoms with van der Waals surface area (Å²) in [4.78, 5) is 8.51. The summed E-state index contributed by atoms with van der Waals surface area (Å²) >= 11 is 1.71. The second-order valence-corrected chi connectivity index (χ2v) is 8.21. The Balaban J connectivity index is 1.57. The van der Waals surface area contributed by atoms with E-state index in [1.807, 2.05) is 0 Å². The molecule has 2 fully saturated rings. The third kappa shape index (κ3) is 2.41. The molecule has 1 spiro atoms. The average Bonchev–Trinajstić information content (AvgIpc) is 3.11. The molecule has 1 saturated carbocycles. The summed E-state index contributed by atoms with van der Waals surface area (Å²) in [6, 6.07) is 0. The van der Waals surface area contributed by atoms with E-state index in [0.717, 1.165) is 24.6 Å². The quantitative estimate of drug-likeness (QED) is 0.926. The highest BCUT2D eigenvalue weighted by molar-refractivity contribution is 7.15. The Morgan fingerprint density at radius 1 is 1.33 bits per heavy atom. The molecule has 114 valence electrons. The largest absolute Gasteiger partial charge is 0.308 e. The van der Waals surface area contributed by atoms with E-state index < -0.39 is 0 Å². The number of fused-ring (bicyclic) bond motifs is 1. The molecule has 0 radical (unpaired) electrons. The average molecular weight is 304 g/mol. The summed E-state index contributed by atoms with van der Waals surface area (Å²) < 4.78 is 2.14. The molecule has 2 aromatic heterocycles. The van der Waals surface area contributed by atoms with E-state index in [1.54, 1.807) is 11.3 Å². The van der Waals surface area contributed by atoms with Crippen molar-refractivity contribution in [3.63, 3.8) is 0 Å². The van der Waals surface area contributed by atoms with Gasteiger partial charge in [0.15, 0.2) is 4.96 Å². The SMILES string of the molecule is CC1(C)CNC2(CCCC2)CN1Cc1cn2ccsc2n1. The van der Waals surface area contributed by atoms with Crippen LogP contribution in [0.3, 0.4) is 0 Å². The van der Waals surface area contributed by atoms with E-state index in [4.69, 9.17) is 4.98 Å². The fraction of sp³-hybridized carbons (Fsp3) is 0.688. The van der Waals surface area contributed by atoms with Gasteiger partial charge in [0.1, 0.15) is 0 Å². The number of imidazole rings is 1. The first-order chi connectivity index (χ1) is 10.1. The lowest BCUT2D eigenvalue weighted by molar-refractivity contribution is 0.0209. The van der Waals surface area contributed by atoms with Gasteiger partial charge in [-0.05, 0) is 26.7 Å². The predicted molar refractivity (Wildman–Crippen MR) is 86.8 cm³/mol. The maximum atomic E-state index is 4.77. The summed E-state index contributed by atoms with van der Waals surface area (Å²) in [5, 5.41) is 5.95. The number of piperazine rings is 1. The molecule has 0 amide bonds. The Kier molecular flexibility index (Phi) is 3.14. The zero-order valence-electron chi connectivity index (χ0n) is 12.9. The first kappa shape index (κ1) is 13.7. The first-order valence-electron chi connectivity index (χ1n) is 7.98. The number of rotatable bonds is 2. The number of thiazole rings is 1. The minimum absolute atomic E-state index is 0.199. The summed E-state index contributed by atoms with van der Waals surface area (Å²) in [6.07, 6.45) is 9.70. The smallest absolute Gasteiger partial charge is 0.193 e. The molecule has 3 heterocycles. The van der Waals surface area contributed by atoms with Crippen molar-refractivity contribution in [3.8, 4) is 0 Å². The number of hydrogen-bond donors (Lipinski definition) is 1. The van der Waals surface area contributed by atoms with Gasteiger partial charge in [-0.2, -0.15) is 0 Å². The zero-order chi connectivity index (χ0) is 14.5. The summed E-state index contributed by atoms with van der Waals surface area (Å²) in [6.45, 7) is 7.89. The number of hydrogen-bond acceptors (Lipinski definition) is 4. The van der Waals surface area contributed by atoms with Crippen molar-refractivity contribution < 1.29 is 0 Å². The van der Waals surface area contributed by atoms with Crippen LogP contribution in [0.5, 0.6) is 0 Å². The molecule has 0 aromatic carbocycles. The van der Waals surface area contributed by atoms with E-state index in [1.165, 1.54) is 31.4 Å². The summed E-state index contributed by atoms with van der Waals surface area (Å²) in [7, 11) is 0. The van der Waals surface area contributed by atoms with E-state index >= 15 is 0 Å². The second kappa shape index (κ2) is 4.80. The first-order valence-corrected chi connectivity index (χ1v) is 8.86. The molecule has 1 aliphatic carbocycles. The molecule has 0 bridgehead atoms. The lowest BCUT2D eigenvalue weighted by Crippen LogP contribution is -2.66. The predicted octanol–water partition coefficient (Wildman–Crippen LogP) is 2.89. The van der Waals surface area contributed by atoms with Crippen LogP contribution in [-0.4, -0.2) is 38.5 Å². The third-order valence-corrected chi connectivity index (χ3v) is 6.07. The molecular formula is C16H24N4S. The Hall–Kier alpha value is -0.910. The molecule has 0 atom stereocenters. The van der Waals surface area contributed by atoms with Crippen molar-refractivity contribution in [2.75, 3.05) is 13.1 Å². The number of nitrogens with zero attached hydrogens (tertiary/aromatic N) is 3. The molecule has 5 heteroatoms. The Bertz CT molecular complexity index is 607. The van der Waals surface area contributed by atoms with Gasteiger partial charge in [0.05, 0.1) is 5.69 Å². The zero-order valence-corrected chi connectivity index (χ0v) is 13.7. The number of nitrogens with one attached hydrogen (secondary N) is 1. The fourth-order valence-corrected chi connectivity index (χ4v) is 4.57. The van der Waals surface area contributed by atoms with Gasteiger partial charge >= 0.3 is 0 Å². The minimum Gasteiger partial charge on any atom is -0.308 e. The Morgan fingerprint density at radius 3 is 2.90 bits per heavy atom. The second-order valence-electron chi connectivity index (χ2n) is 7.33. The molecule has 1 aliphatic heterocycles. The third-order valence-electron chi connectivity index (χ3n) is 5.30. The van der Waals surface area contributed by atoms with Crippen molar-refractivity contribution in [1.82, 2.24) is 19.6 Å². The lowest BCUT2D eigenvalue weighted by atomic mass is 9.87. The van der Waals surface area contributed by atoms with Crippen LogP contribution in [-0.2, 0) is 6.54 Å². The molecule has 2 aliphatic rings. The van der Waals surface area contributed by atoms with Crippen LogP contribution in [0.4, 0.5) is 0 Å². The van der Waals surface area contributed by atoms with E-state index in [9.17, 15) is 0 Å². The molecule has 2 aromatic rings. The minimum atomic E-state index is 0.199. The maximum absolute atomic E-state index is 4.77. The van der Waals surface area contributed by atoms with Crippen molar-refractivity contribution in [2.45, 2.75) is 57.2 Å². The molecule has 1 saturated heterocycles. The van der Waals surface area contributed by atoms with E-state index in [2.05, 4.69) is 46.2 Å². The molecule has 4 nitrogen and oxygen atoms in total. The molecule has 21 heavy (non-hydrogen) atoms. The van der Waals surface area contributed by atoms with E-state index in [0.29, 0.717) is 5.54 Å². The van der Waals surface area contributed by atoms with Gasteiger partial charge in [-0.3, -0.25) is 9.30 Å². The van der Waals surface area contributed by atoms with Crippen LogP contribution in [0, 0.1) is 0 Å². The highest BCUT2D eigenvalue weighted by Gasteiger charge is 2.44. The molecule has 1 N–H and O–H groups in total. The highest BCUT2D eigenvalue weighted by Crippen LogP contribution is 2.36. The van der Waals surface area contributed by atoms with Crippen molar-refractivity contribution in [3.05, 3.63) is 23.5 Å². The van der Waals surface area contributed by atoms with Crippen LogP contribution >= 0.6 is 11.3 Å². The molecular weight excluding hydrogens is 280 g/mol. The van der Waals surface area contributed by atoms with E-state index in [-0.39, 0.29) is 5.54 Å². The van der Waals surface area contributed by atoms with Crippen LogP contribution in [0.1, 0.15) is 45.2 Å². The Morgan fingerprint density at radius 2 is 2.14 bits per heavy atom. The van der Waals surface area contributed by atoms with Gasteiger partial charge < -0.3 is 5.32 Å². The number of aromatic nitrogens is 2. The normalized spacial score (nSPS) is 25.0. The monoisotopic (exact) mass is 304 g/mol. The van der Waals surface area contributed by atoms with Gasteiger partial charge in [-0.1, -0.05) is 12.8 Å². The highest BCUT2D eigenvalue weighted by atomic mass is 32.1.